The van der Waals surface area contributed by atoms with Crippen molar-refractivity contribution in [2.75, 3.05) is 25.0 Å². The number of rotatable bonds is 4. The van der Waals surface area contributed by atoms with E-state index in [1.54, 1.807) is 11.3 Å². The first-order valence-electron chi connectivity index (χ1n) is 11.1. The van der Waals surface area contributed by atoms with E-state index in [0.717, 1.165) is 51.3 Å². The molecule has 2 aliphatic rings. The zero-order valence-corrected chi connectivity index (χ0v) is 20.9. The lowest BCUT2D eigenvalue weighted by atomic mass is 9.89. The maximum absolute atomic E-state index is 10.6. The summed E-state index contributed by atoms with van der Waals surface area (Å²) in [6.07, 6.45) is -5.11. The van der Waals surface area contributed by atoms with Gasteiger partial charge in [0, 0.05) is 43.4 Å². The molecule has 2 aliphatic heterocycles. The van der Waals surface area contributed by atoms with E-state index in [4.69, 9.17) is 24.5 Å². The Bertz CT molecular complexity index is 1030. The van der Waals surface area contributed by atoms with Gasteiger partial charge in [0.25, 0.3) is 0 Å². The van der Waals surface area contributed by atoms with Crippen molar-refractivity contribution in [1.29, 1.82) is 0 Å². The number of hydrogen-bond acceptors (Lipinski definition) is 8. The number of carboxylic acids is 2. The number of aliphatic carboxylic acids is 2. The lowest BCUT2D eigenvalue weighted by Crippen LogP contribution is -2.46. The molecule has 0 aromatic carbocycles. The van der Waals surface area contributed by atoms with Crippen LogP contribution in [0.2, 0.25) is 0 Å². The Labute approximate surface area is 217 Å². The summed E-state index contributed by atoms with van der Waals surface area (Å²) in [5.74, 6) is -4.55. The number of carbonyl (C=O) groups is 2. The molecule has 212 valence electrons. The summed E-state index contributed by atoms with van der Waals surface area (Å²) in [4.78, 5) is 30.4. The molecule has 16 heteroatoms. The fourth-order valence-corrected chi connectivity index (χ4v) is 4.65. The Kier molecular flexibility index (Phi) is 10.8. The number of nitrogens with zero attached hydrogens (tertiary/aromatic N) is 3. The van der Waals surface area contributed by atoms with E-state index >= 15 is 0 Å². The molecule has 1 spiro atoms. The second-order valence-corrected chi connectivity index (χ2v) is 9.45. The Balaban J connectivity index is 0.000000301. The maximum Gasteiger partial charge on any atom is 0.490 e. The summed E-state index contributed by atoms with van der Waals surface area (Å²) < 4.78 is 69.7. The molecule has 0 amide bonds. The highest BCUT2D eigenvalue weighted by Gasteiger charge is 2.43. The molecule has 9 nitrogen and oxygen atoms in total. The first-order chi connectivity index (χ1) is 17.6. The van der Waals surface area contributed by atoms with Crippen LogP contribution in [0.1, 0.15) is 29.8 Å². The van der Waals surface area contributed by atoms with E-state index in [2.05, 4.69) is 27.1 Å². The van der Waals surface area contributed by atoms with Crippen LogP contribution < -0.4 is 5.32 Å². The highest BCUT2D eigenvalue weighted by atomic mass is 32.1. The van der Waals surface area contributed by atoms with Crippen LogP contribution in [0.3, 0.4) is 0 Å². The number of anilines is 1. The first kappa shape index (κ1) is 31.2. The van der Waals surface area contributed by atoms with Crippen molar-refractivity contribution in [2.45, 2.75) is 56.7 Å². The molecule has 2 atom stereocenters. The van der Waals surface area contributed by atoms with Crippen LogP contribution in [0.5, 0.6) is 0 Å². The second-order valence-electron chi connectivity index (χ2n) is 8.51. The standard InChI is InChI=1S/C18H24N4OS.2C2HF3O2/c1-14-16(24-13-20-14)11-22-8-6-18(12-22)10-15(5-9-23-18)21-17-4-2-3-7-19-17;2*3-2(4,5)1(6)7/h2-4,7,13,15H,5-6,8-12H2,1H3,(H,19,21);2*(H,6,7)/t15-,18-;;/m1../s1. The maximum atomic E-state index is 10.6. The SMILES string of the molecule is Cc1ncsc1CN1CC[C@@]2(C[C@H](Nc3ccccn3)CCO2)C1.O=C(O)C(F)(F)F.O=C(O)C(F)(F)F. The number of carboxylic acid groups (broad SMARTS) is 2. The summed E-state index contributed by atoms with van der Waals surface area (Å²) in [6, 6.07) is 6.46. The zero-order valence-electron chi connectivity index (χ0n) is 20.1. The van der Waals surface area contributed by atoms with Crippen LogP contribution in [0, 0.1) is 6.92 Å². The minimum Gasteiger partial charge on any atom is -0.475 e. The van der Waals surface area contributed by atoms with E-state index in [0.29, 0.717) is 6.04 Å². The molecule has 3 N–H and O–H groups in total. The third kappa shape index (κ3) is 10.1. The third-order valence-electron chi connectivity index (χ3n) is 5.60. The Morgan fingerprint density at radius 3 is 2.29 bits per heavy atom. The fourth-order valence-electron chi connectivity index (χ4n) is 3.84. The molecule has 2 aromatic rings. The van der Waals surface area contributed by atoms with Crippen LogP contribution in [0.25, 0.3) is 0 Å². The summed E-state index contributed by atoms with van der Waals surface area (Å²) >= 11 is 1.76. The Morgan fingerprint density at radius 1 is 1.16 bits per heavy atom. The lowest BCUT2D eigenvalue weighted by molar-refractivity contribution is -0.193. The largest absolute Gasteiger partial charge is 0.490 e. The van der Waals surface area contributed by atoms with E-state index < -0.39 is 24.3 Å². The van der Waals surface area contributed by atoms with Gasteiger partial charge in [-0.05, 0) is 38.3 Å². The van der Waals surface area contributed by atoms with Gasteiger partial charge in [0.05, 0.1) is 16.8 Å². The quantitative estimate of drug-likeness (QED) is 0.459. The van der Waals surface area contributed by atoms with Crippen molar-refractivity contribution in [1.82, 2.24) is 14.9 Å². The number of pyridine rings is 1. The molecule has 0 radical (unpaired) electrons. The van der Waals surface area contributed by atoms with Gasteiger partial charge in [-0.1, -0.05) is 6.07 Å². The summed E-state index contributed by atoms with van der Waals surface area (Å²) in [5, 5.41) is 17.8. The number of likely N-dealkylation sites (tertiary alicyclic amines) is 1. The third-order valence-corrected chi connectivity index (χ3v) is 6.52. The number of aryl methyl sites for hydroxylation is 1. The van der Waals surface area contributed by atoms with Crippen LogP contribution >= 0.6 is 11.3 Å². The van der Waals surface area contributed by atoms with Gasteiger partial charge in [-0.3, -0.25) is 4.90 Å². The average molecular weight is 573 g/mol. The van der Waals surface area contributed by atoms with Gasteiger partial charge in [-0.15, -0.1) is 11.3 Å². The number of alkyl halides is 6. The molecular formula is C22H26F6N4O5S. The number of thiazole rings is 1. The molecule has 0 aliphatic carbocycles. The molecular weight excluding hydrogens is 546 g/mol. The number of ether oxygens (including phenoxy) is 1. The number of halogens is 6. The molecule has 0 bridgehead atoms. The van der Waals surface area contributed by atoms with E-state index in [1.807, 2.05) is 29.9 Å². The average Bonchev–Trinajstić information content (AvgIpc) is 3.40. The number of hydrogen-bond donors (Lipinski definition) is 3. The highest BCUT2D eigenvalue weighted by molar-refractivity contribution is 7.09. The van der Waals surface area contributed by atoms with Gasteiger partial charge in [0.2, 0.25) is 0 Å². The van der Waals surface area contributed by atoms with Gasteiger partial charge in [-0.25, -0.2) is 19.6 Å². The minimum absolute atomic E-state index is 0.00326. The van der Waals surface area contributed by atoms with Gasteiger partial charge in [-0.2, -0.15) is 26.3 Å². The molecule has 4 heterocycles. The number of aromatic nitrogens is 2. The van der Waals surface area contributed by atoms with E-state index in [9.17, 15) is 26.3 Å². The molecule has 38 heavy (non-hydrogen) atoms. The van der Waals surface area contributed by atoms with Gasteiger partial charge >= 0.3 is 24.3 Å². The topological polar surface area (TPSA) is 125 Å². The van der Waals surface area contributed by atoms with Gasteiger partial charge in [0.1, 0.15) is 5.82 Å². The summed E-state index contributed by atoms with van der Waals surface area (Å²) in [5.41, 5.74) is 3.11. The van der Waals surface area contributed by atoms with Crippen LogP contribution in [0.15, 0.2) is 29.9 Å². The fraction of sp³-hybridized carbons (Fsp3) is 0.545. The zero-order chi connectivity index (χ0) is 28.6. The van der Waals surface area contributed by atoms with Crippen LogP contribution in [-0.4, -0.2) is 80.7 Å². The normalized spacial score (nSPS) is 21.6. The van der Waals surface area contributed by atoms with Crippen molar-refractivity contribution in [3.8, 4) is 0 Å². The predicted molar refractivity (Wildman–Crippen MR) is 124 cm³/mol. The monoisotopic (exact) mass is 572 g/mol. The smallest absolute Gasteiger partial charge is 0.475 e. The van der Waals surface area contributed by atoms with Crippen molar-refractivity contribution >= 4 is 29.1 Å². The van der Waals surface area contributed by atoms with Crippen LogP contribution in [0.4, 0.5) is 32.2 Å². The molecule has 2 saturated heterocycles. The highest BCUT2D eigenvalue weighted by Crippen LogP contribution is 2.36. The van der Waals surface area contributed by atoms with Gasteiger partial charge in [0.15, 0.2) is 0 Å². The van der Waals surface area contributed by atoms with Crippen molar-refractivity contribution in [3.05, 3.63) is 40.5 Å². The second kappa shape index (κ2) is 13.2. The van der Waals surface area contributed by atoms with Crippen molar-refractivity contribution < 1.29 is 50.9 Å². The lowest BCUT2D eigenvalue weighted by Gasteiger charge is -2.38. The summed E-state index contributed by atoms with van der Waals surface area (Å²) in [6.45, 7) is 6.05. The summed E-state index contributed by atoms with van der Waals surface area (Å²) in [7, 11) is 0. The molecule has 0 unspecified atom stereocenters. The molecule has 4 rings (SSSR count). The van der Waals surface area contributed by atoms with E-state index in [-0.39, 0.29) is 5.60 Å². The predicted octanol–water partition coefficient (Wildman–Crippen LogP) is 4.35. The first-order valence-corrected chi connectivity index (χ1v) is 12.0. The van der Waals surface area contributed by atoms with Crippen LogP contribution in [-0.2, 0) is 20.9 Å². The number of nitrogens with one attached hydrogen (secondary N) is 1. The Morgan fingerprint density at radius 2 is 1.79 bits per heavy atom. The van der Waals surface area contributed by atoms with Crippen molar-refractivity contribution in [2.24, 2.45) is 0 Å². The molecule has 2 fully saturated rings. The Hall–Kier alpha value is -2.98. The van der Waals surface area contributed by atoms with E-state index in [1.165, 1.54) is 10.6 Å². The minimum atomic E-state index is -5.08. The molecule has 2 aromatic heterocycles. The van der Waals surface area contributed by atoms with Crippen molar-refractivity contribution in [3.63, 3.8) is 0 Å². The van der Waals surface area contributed by atoms with Gasteiger partial charge < -0.3 is 20.3 Å². The molecule has 0 saturated carbocycles.